The maximum Gasteiger partial charge on any atom is 0.424 e. The molecule has 0 unspecified atom stereocenters. The van der Waals surface area contributed by atoms with E-state index in [1.165, 1.54) is 0 Å². The number of hydrogen-bond acceptors (Lipinski definition) is 3. The first kappa shape index (κ1) is 13.9. The number of aromatic nitrogens is 1. The van der Waals surface area contributed by atoms with Crippen LogP contribution in [0.5, 0.6) is 0 Å². The zero-order chi connectivity index (χ0) is 15.1. The maximum absolute atomic E-state index is 12.3. The molecule has 4 heteroatoms. The van der Waals surface area contributed by atoms with Crippen molar-refractivity contribution in [3.8, 4) is 5.69 Å². The predicted molar refractivity (Wildman–Crippen MR) is 79.8 cm³/mol. The number of ketones is 1. The fourth-order valence-electron chi connectivity index (χ4n) is 3.12. The summed E-state index contributed by atoms with van der Waals surface area (Å²) in [6.07, 6.45) is 0.545. The van der Waals surface area contributed by atoms with E-state index in [1.807, 2.05) is 51.1 Å². The third kappa shape index (κ3) is 2.15. The lowest BCUT2D eigenvalue weighted by molar-refractivity contribution is -0.126. The minimum atomic E-state index is -0.369. The molecule has 0 saturated heterocycles. The van der Waals surface area contributed by atoms with Crippen LogP contribution in [-0.4, -0.2) is 10.4 Å². The largest absolute Gasteiger partial charge is 0.424 e. The van der Waals surface area contributed by atoms with Gasteiger partial charge in [-0.3, -0.25) is 4.79 Å². The van der Waals surface area contributed by atoms with Crippen LogP contribution < -0.4 is 5.76 Å². The topological polar surface area (TPSA) is 52.2 Å². The van der Waals surface area contributed by atoms with E-state index in [9.17, 15) is 9.59 Å². The molecule has 0 bridgehead atoms. The van der Waals surface area contributed by atoms with Crippen molar-refractivity contribution in [1.82, 2.24) is 4.57 Å². The Morgan fingerprint density at radius 2 is 1.71 bits per heavy atom. The Balaban J connectivity index is 2.22. The van der Waals surface area contributed by atoms with E-state index in [-0.39, 0.29) is 29.3 Å². The molecule has 1 aliphatic carbocycles. The van der Waals surface area contributed by atoms with Crippen LogP contribution in [-0.2, 0) is 11.2 Å². The summed E-state index contributed by atoms with van der Waals surface area (Å²) in [7, 11) is 0. The van der Waals surface area contributed by atoms with E-state index in [1.54, 1.807) is 4.57 Å². The molecule has 0 saturated carbocycles. The van der Waals surface area contributed by atoms with E-state index in [0.29, 0.717) is 12.2 Å². The second-order valence-electron chi connectivity index (χ2n) is 5.93. The molecule has 110 valence electrons. The molecule has 3 rings (SSSR count). The van der Waals surface area contributed by atoms with Crippen molar-refractivity contribution in [3.05, 3.63) is 52.3 Å². The third-order valence-corrected chi connectivity index (χ3v) is 4.55. The highest BCUT2D eigenvalue weighted by Gasteiger charge is 2.36. The Morgan fingerprint density at radius 1 is 1.05 bits per heavy atom. The van der Waals surface area contributed by atoms with E-state index in [2.05, 4.69) is 0 Å². The summed E-state index contributed by atoms with van der Waals surface area (Å²) < 4.78 is 7.11. The minimum absolute atomic E-state index is 0.0740. The normalized spacial score (nSPS) is 25.5. The third-order valence-electron chi connectivity index (χ3n) is 4.55. The summed E-state index contributed by atoms with van der Waals surface area (Å²) in [4.78, 5) is 24.6. The highest BCUT2D eigenvalue weighted by atomic mass is 16.4. The lowest BCUT2D eigenvalue weighted by atomic mass is 9.87. The molecule has 1 aliphatic rings. The van der Waals surface area contributed by atoms with Crippen LogP contribution in [0, 0.1) is 11.8 Å². The van der Waals surface area contributed by atoms with Gasteiger partial charge < -0.3 is 4.42 Å². The van der Waals surface area contributed by atoms with Gasteiger partial charge in [-0.2, -0.15) is 0 Å². The van der Waals surface area contributed by atoms with E-state index < -0.39 is 0 Å². The average Bonchev–Trinajstić information content (AvgIpc) is 2.78. The SMILES string of the molecule is C[C@@H]1c2oc(=O)n(-c3ccccc3)c2C[C@H](C)C(=O)[C@@H]1C. The molecule has 1 aromatic heterocycles. The van der Waals surface area contributed by atoms with Crippen molar-refractivity contribution in [2.24, 2.45) is 11.8 Å². The Morgan fingerprint density at radius 3 is 2.38 bits per heavy atom. The molecule has 4 nitrogen and oxygen atoms in total. The van der Waals surface area contributed by atoms with Crippen molar-refractivity contribution < 1.29 is 9.21 Å². The molecule has 3 atom stereocenters. The van der Waals surface area contributed by atoms with Gasteiger partial charge in [0.05, 0.1) is 11.4 Å². The van der Waals surface area contributed by atoms with Crippen molar-refractivity contribution in [2.45, 2.75) is 33.1 Å². The van der Waals surface area contributed by atoms with Crippen molar-refractivity contribution >= 4 is 5.78 Å². The fraction of sp³-hybridized carbons (Fsp3) is 0.412. The molecule has 21 heavy (non-hydrogen) atoms. The number of rotatable bonds is 1. The first-order chi connectivity index (χ1) is 10.0. The van der Waals surface area contributed by atoms with Crippen LogP contribution in [0.15, 0.2) is 39.5 Å². The van der Waals surface area contributed by atoms with Crippen LogP contribution in [0.1, 0.15) is 38.1 Å². The van der Waals surface area contributed by atoms with Gasteiger partial charge >= 0.3 is 5.76 Å². The molecular weight excluding hydrogens is 266 g/mol. The Labute approximate surface area is 123 Å². The first-order valence-electron chi connectivity index (χ1n) is 7.34. The van der Waals surface area contributed by atoms with E-state index >= 15 is 0 Å². The summed E-state index contributed by atoms with van der Waals surface area (Å²) in [6, 6.07) is 9.44. The number of hydrogen-bond donors (Lipinski definition) is 0. The predicted octanol–water partition coefficient (Wildman–Crippen LogP) is 2.93. The maximum atomic E-state index is 12.3. The lowest BCUT2D eigenvalue weighted by Gasteiger charge is -2.15. The molecule has 1 heterocycles. The van der Waals surface area contributed by atoms with E-state index in [4.69, 9.17) is 4.42 Å². The Kier molecular flexibility index (Phi) is 3.32. The Hall–Kier alpha value is -2.10. The molecule has 0 aliphatic heterocycles. The standard InChI is InChI=1S/C17H19NO3/c1-10-9-14-16(12(3)11(2)15(10)19)21-17(20)18(14)13-7-5-4-6-8-13/h4-8,10-12H,9H2,1-3H3/t10-,11+,12-/m0/s1. The number of benzene rings is 1. The number of carbonyl (C=O) groups excluding carboxylic acids is 1. The minimum Gasteiger partial charge on any atom is -0.412 e. The molecule has 0 spiro atoms. The summed E-state index contributed by atoms with van der Waals surface area (Å²) in [5, 5.41) is 0. The molecule has 1 aromatic carbocycles. The highest BCUT2D eigenvalue weighted by molar-refractivity contribution is 5.84. The number of para-hydroxylation sites is 1. The average molecular weight is 285 g/mol. The van der Waals surface area contributed by atoms with Gasteiger partial charge in [0.25, 0.3) is 0 Å². The number of Topliss-reactive ketones (excluding diaryl/α,β-unsaturated/α-hetero) is 1. The van der Waals surface area contributed by atoms with Crippen LogP contribution in [0.25, 0.3) is 5.69 Å². The van der Waals surface area contributed by atoms with Gasteiger partial charge in [0.2, 0.25) is 0 Å². The number of oxazole rings is 1. The quantitative estimate of drug-likeness (QED) is 0.757. The molecular formula is C17H19NO3. The summed E-state index contributed by atoms with van der Waals surface area (Å²) in [5.41, 5.74) is 1.62. The smallest absolute Gasteiger partial charge is 0.412 e. The molecule has 0 amide bonds. The van der Waals surface area contributed by atoms with Gasteiger partial charge in [-0.25, -0.2) is 9.36 Å². The molecule has 0 radical (unpaired) electrons. The summed E-state index contributed by atoms with van der Waals surface area (Å²) in [5.74, 6) is 0.226. The van der Waals surface area contributed by atoms with Gasteiger partial charge in [0, 0.05) is 24.2 Å². The second-order valence-corrected chi connectivity index (χ2v) is 5.93. The van der Waals surface area contributed by atoms with Crippen LogP contribution in [0.2, 0.25) is 0 Å². The monoisotopic (exact) mass is 285 g/mol. The summed E-state index contributed by atoms with van der Waals surface area (Å²) >= 11 is 0. The zero-order valence-electron chi connectivity index (χ0n) is 12.5. The fourth-order valence-corrected chi connectivity index (χ4v) is 3.12. The van der Waals surface area contributed by atoms with Gasteiger partial charge in [-0.05, 0) is 12.1 Å². The van der Waals surface area contributed by atoms with Gasteiger partial charge in [0.1, 0.15) is 11.5 Å². The van der Waals surface area contributed by atoms with Gasteiger partial charge in [-0.1, -0.05) is 39.0 Å². The number of nitrogens with zero attached hydrogens (tertiary/aromatic N) is 1. The zero-order valence-corrected chi connectivity index (χ0v) is 12.5. The second kappa shape index (κ2) is 5.02. The van der Waals surface area contributed by atoms with Crippen molar-refractivity contribution in [2.75, 3.05) is 0 Å². The molecule has 2 aromatic rings. The van der Waals surface area contributed by atoms with Crippen molar-refractivity contribution in [1.29, 1.82) is 0 Å². The van der Waals surface area contributed by atoms with Crippen molar-refractivity contribution in [3.63, 3.8) is 0 Å². The van der Waals surface area contributed by atoms with Gasteiger partial charge in [-0.15, -0.1) is 0 Å². The number of fused-ring (bicyclic) bond motifs is 1. The van der Waals surface area contributed by atoms with Crippen LogP contribution in [0.4, 0.5) is 0 Å². The number of carbonyl (C=O) groups is 1. The molecule has 0 fully saturated rings. The molecule has 0 N–H and O–H groups in total. The van der Waals surface area contributed by atoms with Gasteiger partial charge in [0.15, 0.2) is 0 Å². The van der Waals surface area contributed by atoms with Crippen LogP contribution >= 0.6 is 0 Å². The summed E-state index contributed by atoms with van der Waals surface area (Å²) in [6.45, 7) is 5.80. The highest BCUT2D eigenvalue weighted by Crippen LogP contribution is 2.35. The van der Waals surface area contributed by atoms with Crippen LogP contribution in [0.3, 0.4) is 0 Å². The first-order valence-corrected chi connectivity index (χ1v) is 7.34. The lowest BCUT2D eigenvalue weighted by Crippen LogP contribution is -2.23. The van der Waals surface area contributed by atoms with E-state index in [0.717, 1.165) is 11.4 Å². The Bertz CT molecular complexity index is 726.